The maximum Gasteiger partial charge on any atom is 0.154 e. The third-order valence-electron chi connectivity index (χ3n) is 4.43. The smallest absolute Gasteiger partial charge is 0.154 e. The second-order valence-electron chi connectivity index (χ2n) is 6.70. The van der Waals surface area contributed by atoms with Gasteiger partial charge in [0.05, 0.1) is 11.0 Å². The van der Waals surface area contributed by atoms with Crippen molar-refractivity contribution in [3.05, 3.63) is 29.8 Å². The quantitative estimate of drug-likeness (QED) is 0.932. The van der Waals surface area contributed by atoms with Gasteiger partial charge in [-0.2, -0.15) is 0 Å². The first kappa shape index (κ1) is 14.9. The van der Waals surface area contributed by atoms with E-state index >= 15 is 0 Å². The van der Waals surface area contributed by atoms with Crippen molar-refractivity contribution in [3.8, 4) is 5.75 Å². The first-order chi connectivity index (χ1) is 9.87. The van der Waals surface area contributed by atoms with E-state index in [0.717, 1.165) is 30.6 Å². The van der Waals surface area contributed by atoms with Gasteiger partial charge in [-0.05, 0) is 32.8 Å². The molecule has 0 amide bonds. The van der Waals surface area contributed by atoms with Crippen LogP contribution >= 0.6 is 0 Å². The molecule has 0 saturated carbocycles. The predicted octanol–water partition coefficient (Wildman–Crippen LogP) is 2.46. The van der Waals surface area contributed by atoms with E-state index in [-0.39, 0.29) is 16.9 Å². The maximum atomic E-state index is 11.9. The van der Waals surface area contributed by atoms with Crippen LogP contribution in [0.25, 0.3) is 0 Å². The first-order valence-electron chi connectivity index (χ1n) is 7.60. The van der Waals surface area contributed by atoms with Gasteiger partial charge in [-0.25, -0.2) is 8.42 Å². The van der Waals surface area contributed by atoms with E-state index in [0.29, 0.717) is 12.3 Å². The number of benzene rings is 1. The Morgan fingerprint density at radius 1 is 1.33 bits per heavy atom. The van der Waals surface area contributed by atoms with Crippen LogP contribution in [0, 0.1) is 0 Å². The summed E-state index contributed by atoms with van der Waals surface area (Å²) in [6.45, 7) is 4.69. The molecule has 1 saturated heterocycles. The molecular formula is C16H23NO3S. The van der Waals surface area contributed by atoms with Crippen LogP contribution in [0.3, 0.4) is 0 Å². The topological polar surface area (TPSA) is 55.4 Å². The summed E-state index contributed by atoms with van der Waals surface area (Å²) >= 11 is 0. The van der Waals surface area contributed by atoms with Crippen LogP contribution in [-0.2, 0) is 9.84 Å². The maximum absolute atomic E-state index is 11.9. The zero-order valence-corrected chi connectivity index (χ0v) is 13.4. The normalized spacial score (nSPS) is 29.6. The number of ether oxygens (including phenoxy) is 1. The molecule has 116 valence electrons. The van der Waals surface area contributed by atoms with Gasteiger partial charge in [0.25, 0.3) is 0 Å². The fourth-order valence-corrected chi connectivity index (χ4v) is 5.12. The van der Waals surface area contributed by atoms with E-state index in [1.165, 1.54) is 0 Å². The molecule has 2 aliphatic rings. The Kier molecular flexibility index (Phi) is 3.74. The number of para-hydroxylation sites is 1. The molecule has 2 unspecified atom stereocenters. The SMILES string of the molecule is CC1(C)CC(NCC2CCCS2(=O)=O)c2ccccc2O1. The number of nitrogens with one attached hydrogen (secondary N) is 1. The average Bonchev–Trinajstić information content (AvgIpc) is 2.73. The molecular weight excluding hydrogens is 286 g/mol. The molecule has 21 heavy (non-hydrogen) atoms. The van der Waals surface area contributed by atoms with E-state index in [1.54, 1.807) is 0 Å². The summed E-state index contributed by atoms with van der Waals surface area (Å²) in [5, 5.41) is 3.25. The summed E-state index contributed by atoms with van der Waals surface area (Å²) in [6, 6.07) is 8.17. The van der Waals surface area contributed by atoms with Crippen molar-refractivity contribution in [2.75, 3.05) is 12.3 Å². The zero-order chi connectivity index (χ0) is 15.1. The van der Waals surface area contributed by atoms with Crippen molar-refractivity contribution in [2.24, 2.45) is 0 Å². The average molecular weight is 309 g/mol. The Balaban J connectivity index is 1.76. The van der Waals surface area contributed by atoms with Crippen molar-refractivity contribution in [2.45, 2.75) is 50.0 Å². The molecule has 2 heterocycles. The third kappa shape index (κ3) is 3.09. The van der Waals surface area contributed by atoms with Gasteiger partial charge in [0.1, 0.15) is 11.4 Å². The summed E-state index contributed by atoms with van der Waals surface area (Å²) < 4.78 is 29.9. The lowest BCUT2D eigenvalue weighted by Crippen LogP contribution is -2.42. The van der Waals surface area contributed by atoms with Gasteiger partial charge in [-0.15, -0.1) is 0 Å². The fraction of sp³-hybridized carbons (Fsp3) is 0.625. The molecule has 2 atom stereocenters. The molecule has 1 aromatic carbocycles. The summed E-state index contributed by atoms with van der Waals surface area (Å²) in [5.41, 5.74) is 0.896. The first-order valence-corrected chi connectivity index (χ1v) is 9.32. The van der Waals surface area contributed by atoms with Crippen LogP contribution in [0.15, 0.2) is 24.3 Å². The van der Waals surface area contributed by atoms with Gasteiger partial charge in [0.2, 0.25) is 0 Å². The van der Waals surface area contributed by atoms with Crippen molar-refractivity contribution >= 4 is 9.84 Å². The van der Waals surface area contributed by atoms with Crippen LogP contribution in [0.4, 0.5) is 0 Å². The molecule has 0 radical (unpaired) electrons. The minimum atomic E-state index is -2.89. The second kappa shape index (κ2) is 5.29. The highest BCUT2D eigenvalue weighted by molar-refractivity contribution is 7.92. The van der Waals surface area contributed by atoms with Crippen molar-refractivity contribution in [1.29, 1.82) is 0 Å². The number of hydrogen-bond donors (Lipinski definition) is 1. The summed E-state index contributed by atoms with van der Waals surface area (Å²) in [6.07, 6.45) is 2.42. The third-order valence-corrected chi connectivity index (χ3v) is 6.71. The Morgan fingerprint density at radius 2 is 2.10 bits per heavy atom. The lowest BCUT2D eigenvalue weighted by Gasteiger charge is -2.38. The number of sulfone groups is 1. The molecule has 0 aliphatic carbocycles. The molecule has 2 aliphatic heterocycles. The van der Waals surface area contributed by atoms with Gasteiger partial charge < -0.3 is 10.1 Å². The molecule has 0 aromatic heterocycles. The fourth-order valence-electron chi connectivity index (χ4n) is 3.35. The van der Waals surface area contributed by atoms with E-state index < -0.39 is 9.84 Å². The highest BCUT2D eigenvalue weighted by Crippen LogP contribution is 2.39. The lowest BCUT2D eigenvalue weighted by atomic mass is 9.89. The van der Waals surface area contributed by atoms with E-state index in [4.69, 9.17) is 4.74 Å². The number of hydrogen-bond acceptors (Lipinski definition) is 4. The van der Waals surface area contributed by atoms with E-state index in [2.05, 4.69) is 25.2 Å². The van der Waals surface area contributed by atoms with Crippen molar-refractivity contribution < 1.29 is 13.2 Å². The molecule has 0 spiro atoms. The predicted molar refractivity (Wildman–Crippen MR) is 83.3 cm³/mol. The Labute approximate surface area is 126 Å². The minimum Gasteiger partial charge on any atom is -0.487 e. The largest absolute Gasteiger partial charge is 0.487 e. The molecule has 1 fully saturated rings. The molecule has 4 nitrogen and oxygen atoms in total. The van der Waals surface area contributed by atoms with Crippen molar-refractivity contribution in [3.63, 3.8) is 0 Å². The molecule has 1 aromatic rings. The van der Waals surface area contributed by atoms with E-state index in [9.17, 15) is 8.42 Å². The molecule has 1 N–H and O–H groups in total. The molecule has 3 rings (SSSR count). The lowest BCUT2D eigenvalue weighted by molar-refractivity contribution is 0.0661. The van der Waals surface area contributed by atoms with Gasteiger partial charge >= 0.3 is 0 Å². The summed E-state index contributed by atoms with van der Waals surface area (Å²) in [5.74, 6) is 1.25. The second-order valence-corrected chi connectivity index (χ2v) is 9.10. The molecule has 0 bridgehead atoms. The van der Waals surface area contributed by atoms with Gasteiger partial charge in [0.15, 0.2) is 9.84 Å². The minimum absolute atomic E-state index is 0.153. The van der Waals surface area contributed by atoms with E-state index in [1.807, 2.05) is 18.2 Å². The van der Waals surface area contributed by atoms with Gasteiger partial charge in [-0.3, -0.25) is 0 Å². The van der Waals surface area contributed by atoms with Crippen LogP contribution in [-0.4, -0.2) is 31.6 Å². The molecule has 5 heteroatoms. The van der Waals surface area contributed by atoms with Crippen LogP contribution in [0.5, 0.6) is 5.75 Å². The van der Waals surface area contributed by atoms with Gasteiger partial charge in [0, 0.05) is 24.6 Å². The van der Waals surface area contributed by atoms with Crippen LogP contribution in [0.2, 0.25) is 0 Å². The standard InChI is InChI=1S/C16H23NO3S/c1-16(2)10-14(13-7-3-4-8-15(13)20-16)17-11-12-6-5-9-21(12,18)19/h3-4,7-8,12,14,17H,5-6,9-11H2,1-2H3. The highest BCUT2D eigenvalue weighted by Gasteiger charge is 2.36. The van der Waals surface area contributed by atoms with Gasteiger partial charge in [-0.1, -0.05) is 18.2 Å². The van der Waals surface area contributed by atoms with Crippen LogP contribution < -0.4 is 10.1 Å². The van der Waals surface area contributed by atoms with Crippen molar-refractivity contribution in [1.82, 2.24) is 5.32 Å². The summed E-state index contributed by atoms with van der Waals surface area (Å²) in [4.78, 5) is 0. The summed E-state index contributed by atoms with van der Waals surface area (Å²) in [7, 11) is -2.89. The van der Waals surface area contributed by atoms with Crippen LogP contribution in [0.1, 0.15) is 44.7 Å². The Hall–Kier alpha value is -1.07. The number of rotatable bonds is 3. The number of fused-ring (bicyclic) bond motifs is 1. The highest BCUT2D eigenvalue weighted by atomic mass is 32.2. The monoisotopic (exact) mass is 309 g/mol. The Morgan fingerprint density at radius 3 is 2.81 bits per heavy atom. The zero-order valence-electron chi connectivity index (χ0n) is 12.6. The Bertz CT molecular complexity index is 624.